The Morgan fingerprint density at radius 1 is 2.00 bits per heavy atom. The molecular formula is C3H6N2OS. The molecule has 0 aromatic carbocycles. The van der Waals surface area contributed by atoms with Crippen LogP contribution >= 0.6 is 12.2 Å². The van der Waals surface area contributed by atoms with Crippen molar-refractivity contribution >= 4 is 12.2 Å². The summed E-state index contributed by atoms with van der Waals surface area (Å²) < 4.78 is 4.73. The van der Waals surface area contributed by atoms with Crippen LogP contribution < -0.4 is 0 Å². The third kappa shape index (κ3) is 0.866. The van der Waals surface area contributed by atoms with Crippen LogP contribution in [0.15, 0.2) is 4.42 Å². The molecule has 7 heavy (non-hydrogen) atoms. The Morgan fingerprint density at radius 2 is 2.71 bits per heavy atom. The minimum absolute atomic E-state index is 0. The van der Waals surface area contributed by atoms with E-state index in [-0.39, 0.29) is 1.43 Å². The fourth-order valence-electron chi connectivity index (χ4n) is 0.304. The molecule has 0 unspecified atom stereocenters. The molecule has 1 heterocycles. The lowest BCUT2D eigenvalue weighted by atomic mass is 10.8. The van der Waals surface area contributed by atoms with Crippen LogP contribution in [0, 0.1) is 11.8 Å². The molecule has 40 valence electrons. The Kier molecular flexibility index (Phi) is 0.941. The van der Waals surface area contributed by atoms with E-state index in [1.807, 2.05) is 0 Å². The van der Waals surface area contributed by atoms with Gasteiger partial charge in [0.05, 0.1) is 0 Å². The van der Waals surface area contributed by atoms with Crippen LogP contribution in [0.25, 0.3) is 0 Å². The molecular weight excluding hydrogens is 112 g/mol. The summed E-state index contributed by atoms with van der Waals surface area (Å²) in [4.78, 5) is 0.331. The molecule has 0 aliphatic rings. The van der Waals surface area contributed by atoms with Crippen LogP contribution in [0.1, 0.15) is 7.32 Å². The van der Waals surface area contributed by atoms with Gasteiger partial charge in [-0.05, 0) is 12.2 Å². The van der Waals surface area contributed by atoms with Crippen LogP contribution in [0.3, 0.4) is 0 Å². The Bertz CT molecular complexity index is 205. The first-order valence-corrected chi connectivity index (χ1v) is 2.22. The largest absolute Gasteiger partial charge is 0.414 e. The van der Waals surface area contributed by atoms with Crippen molar-refractivity contribution in [1.29, 1.82) is 0 Å². The lowest BCUT2D eigenvalue weighted by molar-refractivity contribution is 0.504. The van der Waals surface area contributed by atoms with E-state index in [9.17, 15) is 0 Å². The zero-order chi connectivity index (χ0) is 5.28. The third-order valence-electron chi connectivity index (χ3n) is 0.545. The van der Waals surface area contributed by atoms with Gasteiger partial charge in [-0.15, -0.1) is 5.10 Å². The fourth-order valence-corrected chi connectivity index (χ4v) is 0.470. The van der Waals surface area contributed by atoms with E-state index in [2.05, 4.69) is 22.4 Å². The van der Waals surface area contributed by atoms with Gasteiger partial charge in [0.1, 0.15) is 0 Å². The minimum Gasteiger partial charge on any atom is -0.414 e. The summed E-state index contributed by atoms with van der Waals surface area (Å²) in [5, 5.41) is 6.09. The first-order valence-electron chi connectivity index (χ1n) is 1.81. The van der Waals surface area contributed by atoms with Crippen LogP contribution in [0.4, 0.5) is 0 Å². The highest BCUT2D eigenvalue weighted by Gasteiger charge is 1.83. The van der Waals surface area contributed by atoms with Gasteiger partial charge in [0, 0.05) is 8.35 Å². The van der Waals surface area contributed by atoms with E-state index < -0.39 is 0 Å². The molecule has 0 bridgehead atoms. The number of hydrogen-bond donors (Lipinski definition) is 1. The normalized spacial score (nSPS) is 9.29. The topological polar surface area (TPSA) is 41.8 Å². The summed E-state index contributed by atoms with van der Waals surface area (Å²) in [6.45, 7) is 1.73. The van der Waals surface area contributed by atoms with E-state index in [0.29, 0.717) is 10.7 Å². The molecule has 0 saturated carbocycles. The van der Waals surface area contributed by atoms with Gasteiger partial charge in [0.15, 0.2) is 0 Å². The highest BCUT2D eigenvalue weighted by Crippen LogP contribution is 1.87. The second-order valence-electron chi connectivity index (χ2n) is 1.13. The molecule has 1 N–H and O–H groups in total. The second kappa shape index (κ2) is 1.46. The summed E-state index contributed by atoms with van der Waals surface area (Å²) in [7, 11) is 0. The van der Waals surface area contributed by atoms with Crippen molar-refractivity contribution in [2.24, 2.45) is 0 Å². The molecule has 0 radical (unpaired) electrons. The van der Waals surface area contributed by atoms with Crippen molar-refractivity contribution in [3.8, 4) is 0 Å². The van der Waals surface area contributed by atoms with Gasteiger partial charge in [-0.3, -0.25) is 0 Å². The Labute approximate surface area is 46.8 Å². The molecule has 3 nitrogen and oxygen atoms in total. The molecule has 0 aliphatic heterocycles. The van der Waals surface area contributed by atoms with Crippen LogP contribution in [0.2, 0.25) is 0 Å². The minimum atomic E-state index is 0. The maximum Gasteiger partial charge on any atom is 0.284 e. The predicted octanol–water partition coefficient (Wildman–Crippen LogP) is 1.29. The lowest BCUT2D eigenvalue weighted by Gasteiger charge is -1.65. The predicted molar refractivity (Wildman–Crippen MR) is 28.5 cm³/mol. The zero-order valence-electron chi connectivity index (χ0n) is 3.76. The van der Waals surface area contributed by atoms with E-state index in [1.165, 1.54) is 0 Å². The monoisotopic (exact) mass is 118 g/mol. The molecule has 1 aromatic heterocycles. The molecule has 0 amide bonds. The quantitative estimate of drug-likeness (QED) is 0.522. The van der Waals surface area contributed by atoms with E-state index in [4.69, 9.17) is 4.42 Å². The van der Waals surface area contributed by atoms with Crippen molar-refractivity contribution in [2.45, 2.75) is 6.92 Å². The number of nitrogens with zero attached hydrogens (tertiary/aromatic N) is 1. The lowest BCUT2D eigenvalue weighted by Crippen LogP contribution is -1.65. The maximum absolute atomic E-state index is 4.73. The number of aromatic nitrogens is 2. The summed E-state index contributed by atoms with van der Waals surface area (Å²) in [5.74, 6) is 0.574. The number of nitrogens with one attached hydrogen (secondary N) is 1. The first-order chi connectivity index (χ1) is 3.29. The van der Waals surface area contributed by atoms with Gasteiger partial charge >= 0.3 is 0 Å². The number of aromatic amines is 1. The van der Waals surface area contributed by atoms with Gasteiger partial charge in [-0.25, -0.2) is 5.10 Å². The smallest absolute Gasteiger partial charge is 0.284 e. The molecule has 1 rings (SSSR count). The van der Waals surface area contributed by atoms with Crippen LogP contribution in [-0.2, 0) is 0 Å². The summed E-state index contributed by atoms with van der Waals surface area (Å²) in [6, 6.07) is 0. The molecule has 0 atom stereocenters. The van der Waals surface area contributed by atoms with Gasteiger partial charge in [-0.2, -0.15) is 0 Å². The Balaban J connectivity index is 0.000000490. The number of rotatable bonds is 0. The van der Waals surface area contributed by atoms with E-state index in [1.54, 1.807) is 6.92 Å². The van der Waals surface area contributed by atoms with Gasteiger partial charge in [0.2, 0.25) is 5.89 Å². The van der Waals surface area contributed by atoms with Crippen molar-refractivity contribution in [3.05, 3.63) is 10.7 Å². The maximum atomic E-state index is 4.73. The Hall–Kier alpha value is -0.640. The highest BCUT2D eigenvalue weighted by molar-refractivity contribution is 7.71. The second-order valence-corrected chi connectivity index (χ2v) is 1.50. The van der Waals surface area contributed by atoms with E-state index >= 15 is 0 Å². The number of hydrogen-bond acceptors (Lipinski definition) is 3. The molecule has 0 fully saturated rings. The molecule has 1 aromatic rings. The number of H-pyrrole nitrogens is 1. The van der Waals surface area contributed by atoms with Crippen molar-refractivity contribution in [1.82, 2.24) is 10.2 Å². The first kappa shape index (κ1) is 4.52. The molecule has 0 aliphatic carbocycles. The van der Waals surface area contributed by atoms with Crippen molar-refractivity contribution in [2.75, 3.05) is 0 Å². The standard InChI is InChI=1S/C3H4N2OS.H2/c1-2-4-5-3(7)6-2;/h1H3,(H,5,7);1H. The van der Waals surface area contributed by atoms with Gasteiger partial charge in [-0.1, -0.05) is 0 Å². The average Bonchev–Trinajstić information content (AvgIpc) is 1.87. The SMILES string of the molecule is Cc1n[nH]c(=S)o1.[HH]. The Morgan fingerprint density at radius 3 is 2.86 bits per heavy atom. The summed E-state index contributed by atoms with van der Waals surface area (Å²) in [6.07, 6.45) is 0. The average molecular weight is 118 g/mol. The fraction of sp³-hybridized carbons (Fsp3) is 0.333. The molecule has 0 saturated heterocycles. The van der Waals surface area contributed by atoms with Crippen LogP contribution in [-0.4, -0.2) is 10.2 Å². The van der Waals surface area contributed by atoms with E-state index in [0.717, 1.165) is 0 Å². The van der Waals surface area contributed by atoms with Crippen molar-refractivity contribution in [3.63, 3.8) is 0 Å². The third-order valence-corrected chi connectivity index (χ3v) is 0.720. The van der Waals surface area contributed by atoms with Crippen molar-refractivity contribution < 1.29 is 5.84 Å². The summed E-state index contributed by atoms with van der Waals surface area (Å²) >= 11 is 4.55. The highest BCUT2D eigenvalue weighted by atomic mass is 32.1. The van der Waals surface area contributed by atoms with Gasteiger partial charge in [0.25, 0.3) is 4.84 Å². The number of aryl methyl sites for hydroxylation is 1. The molecule has 4 heteroatoms. The summed E-state index contributed by atoms with van der Waals surface area (Å²) in [5.41, 5.74) is 0. The zero-order valence-corrected chi connectivity index (χ0v) is 4.58. The molecule has 0 spiro atoms. The van der Waals surface area contributed by atoms with Gasteiger partial charge < -0.3 is 4.42 Å². The van der Waals surface area contributed by atoms with Crippen LogP contribution in [0.5, 0.6) is 0 Å².